The normalized spacial score (nSPS) is 12.9. The molecule has 1 amide bonds. The highest BCUT2D eigenvalue weighted by Crippen LogP contribution is 2.24. The standard InChI is InChI=1S/C22H30N2O6/c1-21(2,3)29-18(25)15-12-24(17-11-9-8-10-14(15)17)13-16(19(26)28-7)23-20(27)30-22(4,5)6/h8-12,16H,13H2,1-7H3,(H,23,27). The number of hydrogen-bond acceptors (Lipinski definition) is 6. The number of amides is 1. The smallest absolute Gasteiger partial charge is 0.408 e. The maximum Gasteiger partial charge on any atom is 0.408 e. The first-order valence-electron chi connectivity index (χ1n) is 9.69. The van der Waals surface area contributed by atoms with Crippen LogP contribution in [-0.2, 0) is 25.5 Å². The van der Waals surface area contributed by atoms with Crippen LogP contribution < -0.4 is 5.32 Å². The molecule has 1 unspecified atom stereocenters. The van der Waals surface area contributed by atoms with E-state index in [1.165, 1.54) is 7.11 Å². The van der Waals surface area contributed by atoms with Crippen LogP contribution in [0.3, 0.4) is 0 Å². The van der Waals surface area contributed by atoms with Gasteiger partial charge in [-0.05, 0) is 47.6 Å². The zero-order valence-electron chi connectivity index (χ0n) is 18.6. The molecule has 0 saturated heterocycles. The molecule has 0 bridgehead atoms. The number of fused-ring (bicyclic) bond motifs is 1. The largest absolute Gasteiger partial charge is 0.467 e. The predicted octanol–water partition coefficient (Wildman–Crippen LogP) is 3.66. The number of nitrogens with one attached hydrogen (secondary N) is 1. The number of rotatable bonds is 5. The topological polar surface area (TPSA) is 95.9 Å². The molecule has 30 heavy (non-hydrogen) atoms. The Balaban J connectivity index is 2.36. The third-order valence-corrected chi connectivity index (χ3v) is 3.96. The minimum atomic E-state index is -1.01. The van der Waals surface area contributed by atoms with E-state index in [1.807, 2.05) is 18.2 Å². The van der Waals surface area contributed by atoms with E-state index in [0.717, 1.165) is 5.52 Å². The Morgan fingerprint density at radius 1 is 1.00 bits per heavy atom. The second kappa shape index (κ2) is 8.77. The molecule has 164 valence electrons. The molecule has 8 heteroatoms. The highest BCUT2D eigenvalue weighted by molar-refractivity contribution is 6.04. The Hall–Kier alpha value is -3.03. The number of alkyl carbamates (subject to hydrolysis) is 1. The Morgan fingerprint density at radius 3 is 2.17 bits per heavy atom. The predicted molar refractivity (Wildman–Crippen MR) is 112 cm³/mol. The average Bonchev–Trinajstić information content (AvgIpc) is 2.96. The Kier molecular flexibility index (Phi) is 6.80. The summed E-state index contributed by atoms with van der Waals surface area (Å²) in [6, 6.07) is 6.26. The molecule has 0 saturated carbocycles. The number of ether oxygens (including phenoxy) is 3. The van der Waals surface area contributed by atoms with Crippen molar-refractivity contribution in [1.82, 2.24) is 9.88 Å². The first-order valence-corrected chi connectivity index (χ1v) is 9.69. The molecule has 0 aliphatic rings. The fourth-order valence-corrected chi connectivity index (χ4v) is 2.86. The summed E-state index contributed by atoms with van der Waals surface area (Å²) in [6.07, 6.45) is 0.882. The number of carbonyl (C=O) groups excluding carboxylic acids is 3. The molecule has 0 radical (unpaired) electrons. The summed E-state index contributed by atoms with van der Waals surface area (Å²) in [6.45, 7) is 10.6. The van der Waals surface area contributed by atoms with Gasteiger partial charge in [0.05, 0.1) is 19.2 Å². The van der Waals surface area contributed by atoms with Crippen molar-refractivity contribution in [2.45, 2.75) is 65.3 Å². The summed E-state index contributed by atoms with van der Waals surface area (Å²) in [4.78, 5) is 37.2. The van der Waals surface area contributed by atoms with Gasteiger partial charge in [0.1, 0.15) is 17.2 Å². The van der Waals surface area contributed by atoms with Gasteiger partial charge in [-0.1, -0.05) is 18.2 Å². The second-order valence-corrected chi connectivity index (χ2v) is 8.94. The molecule has 0 aliphatic carbocycles. The quantitative estimate of drug-likeness (QED) is 0.588. The number of methoxy groups -OCH3 is 1. The first kappa shape index (κ1) is 23.3. The number of aromatic nitrogens is 1. The van der Waals surface area contributed by atoms with Crippen molar-refractivity contribution in [3.8, 4) is 0 Å². The zero-order chi connectivity index (χ0) is 22.7. The van der Waals surface area contributed by atoms with Gasteiger partial charge in [0.25, 0.3) is 0 Å². The molecule has 0 fully saturated rings. The Bertz CT molecular complexity index is 933. The van der Waals surface area contributed by atoms with Crippen LogP contribution in [0, 0.1) is 0 Å². The number of benzene rings is 1. The highest BCUT2D eigenvalue weighted by atomic mass is 16.6. The van der Waals surface area contributed by atoms with Crippen LogP contribution in [0.2, 0.25) is 0 Å². The molecule has 1 heterocycles. The number of nitrogens with zero attached hydrogens (tertiary/aromatic N) is 1. The molecule has 1 aromatic heterocycles. The van der Waals surface area contributed by atoms with Gasteiger partial charge in [0.2, 0.25) is 0 Å². The molecule has 0 spiro atoms. The zero-order valence-corrected chi connectivity index (χ0v) is 18.6. The van der Waals surface area contributed by atoms with Gasteiger partial charge in [0.15, 0.2) is 0 Å². The van der Waals surface area contributed by atoms with E-state index in [4.69, 9.17) is 14.2 Å². The number of carbonyl (C=O) groups is 3. The number of esters is 2. The summed E-state index contributed by atoms with van der Waals surface area (Å²) in [5.41, 5.74) is -0.262. The van der Waals surface area contributed by atoms with E-state index in [0.29, 0.717) is 10.9 Å². The molecule has 8 nitrogen and oxygen atoms in total. The Morgan fingerprint density at radius 2 is 1.60 bits per heavy atom. The SMILES string of the molecule is COC(=O)C(Cn1cc(C(=O)OC(C)(C)C)c2ccccc21)NC(=O)OC(C)(C)C. The van der Waals surface area contributed by atoms with Crippen LogP contribution in [0.1, 0.15) is 51.9 Å². The molecular formula is C22H30N2O6. The summed E-state index contributed by atoms with van der Waals surface area (Å²) in [5.74, 6) is -1.09. The van der Waals surface area contributed by atoms with Crippen molar-refractivity contribution >= 4 is 28.9 Å². The summed E-state index contributed by atoms with van der Waals surface area (Å²) < 4.78 is 17.3. The summed E-state index contributed by atoms with van der Waals surface area (Å²) in [7, 11) is 1.24. The van der Waals surface area contributed by atoms with Crippen molar-refractivity contribution in [1.29, 1.82) is 0 Å². The minimum absolute atomic E-state index is 0.0508. The summed E-state index contributed by atoms with van der Waals surface area (Å²) in [5, 5.41) is 3.23. The minimum Gasteiger partial charge on any atom is -0.467 e. The molecule has 2 rings (SSSR count). The highest BCUT2D eigenvalue weighted by Gasteiger charge is 2.27. The lowest BCUT2D eigenvalue weighted by Crippen LogP contribution is -2.46. The van der Waals surface area contributed by atoms with Crippen LogP contribution in [0.15, 0.2) is 30.5 Å². The third kappa shape index (κ3) is 6.23. The van der Waals surface area contributed by atoms with Gasteiger partial charge in [-0.15, -0.1) is 0 Å². The van der Waals surface area contributed by atoms with Gasteiger partial charge >= 0.3 is 18.0 Å². The number of hydrogen-bond donors (Lipinski definition) is 1. The van der Waals surface area contributed by atoms with Crippen LogP contribution in [0.5, 0.6) is 0 Å². The fraction of sp³-hybridized carbons (Fsp3) is 0.500. The van der Waals surface area contributed by atoms with Crippen molar-refractivity contribution in [3.63, 3.8) is 0 Å². The molecule has 1 aromatic carbocycles. The van der Waals surface area contributed by atoms with E-state index in [-0.39, 0.29) is 6.54 Å². The first-order chi connectivity index (χ1) is 13.8. The second-order valence-electron chi connectivity index (χ2n) is 8.94. The van der Waals surface area contributed by atoms with Gasteiger partial charge < -0.3 is 24.1 Å². The molecule has 1 atom stereocenters. The molecule has 2 aromatic rings. The van der Waals surface area contributed by atoms with Crippen LogP contribution >= 0.6 is 0 Å². The van der Waals surface area contributed by atoms with E-state index in [1.54, 1.807) is 58.4 Å². The maximum absolute atomic E-state index is 12.7. The fourth-order valence-electron chi connectivity index (χ4n) is 2.86. The van der Waals surface area contributed by atoms with E-state index in [9.17, 15) is 14.4 Å². The molecular weight excluding hydrogens is 388 g/mol. The van der Waals surface area contributed by atoms with Crippen LogP contribution in [0.4, 0.5) is 4.79 Å². The average molecular weight is 418 g/mol. The monoisotopic (exact) mass is 418 g/mol. The van der Waals surface area contributed by atoms with Gasteiger partial charge in [0, 0.05) is 17.1 Å². The third-order valence-electron chi connectivity index (χ3n) is 3.96. The van der Waals surface area contributed by atoms with E-state index in [2.05, 4.69) is 5.32 Å². The van der Waals surface area contributed by atoms with Crippen molar-refractivity contribution < 1.29 is 28.6 Å². The van der Waals surface area contributed by atoms with Gasteiger partial charge in [-0.3, -0.25) is 0 Å². The van der Waals surface area contributed by atoms with Crippen LogP contribution in [0.25, 0.3) is 10.9 Å². The van der Waals surface area contributed by atoms with Gasteiger partial charge in [-0.25, -0.2) is 14.4 Å². The van der Waals surface area contributed by atoms with Crippen molar-refractivity contribution in [3.05, 3.63) is 36.0 Å². The number of para-hydroxylation sites is 1. The van der Waals surface area contributed by atoms with Gasteiger partial charge in [-0.2, -0.15) is 0 Å². The van der Waals surface area contributed by atoms with Crippen LogP contribution in [-0.4, -0.2) is 47.0 Å². The molecule has 0 aliphatic heterocycles. The van der Waals surface area contributed by atoms with E-state index < -0.39 is 35.3 Å². The lowest BCUT2D eigenvalue weighted by atomic mass is 10.1. The van der Waals surface area contributed by atoms with Crippen molar-refractivity contribution in [2.75, 3.05) is 7.11 Å². The van der Waals surface area contributed by atoms with Crippen molar-refractivity contribution in [2.24, 2.45) is 0 Å². The van der Waals surface area contributed by atoms with E-state index >= 15 is 0 Å². The summed E-state index contributed by atoms with van der Waals surface area (Å²) >= 11 is 0. The Labute approximate surface area is 176 Å². The lowest BCUT2D eigenvalue weighted by Gasteiger charge is -2.23. The maximum atomic E-state index is 12.7. The lowest BCUT2D eigenvalue weighted by molar-refractivity contribution is -0.143. The molecule has 1 N–H and O–H groups in total.